The van der Waals surface area contributed by atoms with E-state index in [-0.39, 0.29) is 11.6 Å². The number of nitro benzene ring substituents is 1. The molecule has 1 aromatic rings. The van der Waals surface area contributed by atoms with Crippen LogP contribution >= 0.6 is 0 Å². The van der Waals surface area contributed by atoms with E-state index in [0.717, 1.165) is 0 Å². The first kappa shape index (κ1) is 15.0. The summed E-state index contributed by atoms with van der Waals surface area (Å²) >= 11 is 0. The van der Waals surface area contributed by atoms with Crippen molar-refractivity contribution in [1.29, 1.82) is 0 Å². The fourth-order valence-electron chi connectivity index (χ4n) is 2.59. The Morgan fingerprint density at radius 2 is 2.19 bits per heavy atom. The summed E-state index contributed by atoms with van der Waals surface area (Å²) in [5.74, 6) is -1.92. The number of hydrogen-bond acceptors (Lipinski definition) is 4. The molecule has 1 fully saturated rings. The SMILES string of the molecule is CC(C(=O)N1CCCC1C(=O)O)c1cccc([N+](=O)[O-])c1. The highest BCUT2D eigenvalue weighted by Crippen LogP contribution is 2.26. The number of benzene rings is 1. The Kier molecular flexibility index (Phi) is 4.21. The lowest BCUT2D eigenvalue weighted by molar-refractivity contribution is -0.384. The first-order valence-corrected chi connectivity index (χ1v) is 6.69. The molecule has 1 aliphatic rings. The summed E-state index contributed by atoms with van der Waals surface area (Å²) in [7, 11) is 0. The first-order chi connectivity index (χ1) is 9.91. The van der Waals surface area contributed by atoms with Crippen molar-refractivity contribution in [2.75, 3.05) is 6.54 Å². The molecule has 21 heavy (non-hydrogen) atoms. The molecule has 1 aliphatic heterocycles. The fourth-order valence-corrected chi connectivity index (χ4v) is 2.59. The predicted octanol–water partition coefficient (Wildman–Crippen LogP) is 1.77. The number of carboxylic acid groups (broad SMARTS) is 1. The molecule has 2 unspecified atom stereocenters. The van der Waals surface area contributed by atoms with Crippen LogP contribution in [0.1, 0.15) is 31.2 Å². The van der Waals surface area contributed by atoms with Gasteiger partial charge >= 0.3 is 5.97 Å². The maximum Gasteiger partial charge on any atom is 0.326 e. The van der Waals surface area contributed by atoms with Gasteiger partial charge in [-0.2, -0.15) is 0 Å². The smallest absolute Gasteiger partial charge is 0.326 e. The number of rotatable bonds is 4. The van der Waals surface area contributed by atoms with E-state index in [0.29, 0.717) is 24.9 Å². The summed E-state index contributed by atoms with van der Waals surface area (Å²) in [6, 6.07) is 5.08. The number of carbonyl (C=O) groups is 2. The number of carboxylic acids is 1. The van der Waals surface area contributed by atoms with Crippen molar-refractivity contribution in [3.8, 4) is 0 Å². The Morgan fingerprint density at radius 3 is 2.81 bits per heavy atom. The Bertz CT molecular complexity index is 586. The quantitative estimate of drug-likeness (QED) is 0.673. The molecule has 0 aromatic heterocycles. The molecule has 112 valence electrons. The van der Waals surface area contributed by atoms with Crippen LogP contribution in [0.15, 0.2) is 24.3 Å². The third-order valence-corrected chi connectivity index (χ3v) is 3.77. The van der Waals surface area contributed by atoms with Gasteiger partial charge in [0.2, 0.25) is 5.91 Å². The van der Waals surface area contributed by atoms with Gasteiger partial charge in [0.05, 0.1) is 10.8 Å². The monoisotopic (exact) mass is 292 g/mol. The number of nitrogens with zero attached hydrogens (tertiary/aromatic N) is 2. The second kappa shape index (κ2) is 5.90. The summed E-state index contributed by atoms with van der Waals surface area (Å²) in [5.41, 5.74) is 0.439. The van der Waals surface area contributed by atoms with Crippen molar-refractivity contribution in [2.45, 2.75) is 31.7 Å². The highest BCUT2D eigenvalue weighted by atomic mass is 16.6. The van der Waals surface area contributed by atoms with E-state index in [1.807, 2.05) is 0 Å². The number of likely N-dealkylation sites (tertiary alicyclic amines) is 1. The minimum Gasteiger partial charge on any atom is -0.480 e. The van der Waals surface area contributed by atoms with Crippen molar-refractivity contribution < 1.29 is 19.6 Å². The van der Waals surface area contributed by atoms with Crippen LogP contribution in [0.5, 0.6) is 0 Å². The van der Waals surface area contributed by atoms with Crippen molar-refractivity contribution in [2.24, 2.45) is 0 Å². The van der Waals surface area contributed by atoms with Gasteiger partial charge in [-0.25, -0.2) is 4.79 Å². The van der Waals surface area contributed by atoms with Gasteiger partial charge in [0.1, 0.15) is 6.04 Å². The number of hydrogen-bond donors (Lipinski definition) is 1. The summed E-state index contributed by atoms with van der Waals surface area (Å²) < 4.78 is 0. The van der Waals surface area contributed by atoms with Crippen LogP contribution in [0, 0.1) is 10.1 Å². The van der Waals surface area contributed by atoms with E-state index in [1.165, 1.54) is 23.1 Å². The topological polar surface area (TPSA) is 101 Å². The van der Waals surface area contributed by atoms with Crippen LogP contribution in [0.3, 0.4) is 0 Å². The molecule has 1 aromatic carbocycles. The molecule has 1 N–H and O–H groups in total. The van der Waals surface area contributed by atoms with Crippen molar-refractivity contribution >= 4 is 17.6 Å². The molecule has 1 saturated heterocycles. The third-order valence-electron chi connectivity index (χ3n) is 3.77. The number of non-ortho nitro benzene ring substituents is 1. The van der Waals surface area contributed by atoms with Gasteiger partial charge in [0.25, 0.3) is 5.69 Å². The predicted molar refractivity (Wildman–Crippen MR) is 73.9 cm³/mol. The summed E-state index contributed by atoms with van der Waals surface area (Å²) in [6.07, 6.45) is 1.10. The lowest BCUT2D eigenvalue weighted by atomic mass is 9.99. The largest absolute Gasteiger partial charge is 0.480 e. The molecule has 1 heterocycles. The van der Waals surface area contributed by atoms with Gasteiger partial charge in [-0.1, -0.05) is 12.1 Å². The van der Waals surface area contributed by atoms with E-state index in [9.17, 15) is 19.7 Å². The van der Waals surface area contributed by atoms with Crippen LogP contribution in [0.2, 0.25) is 0 Å². The van der Waals surface area contributed by atoms with E-state index in [1.54, 1.807) is 13.0 Å². The highest BCUT2D eigenvalue weighted by Gasteiger charge is 2.36. The van der Waals surface area contributed by atoms with Gasteiger partial charge in [0.15, 0.2) is 0 Å². The second-order valence-electron chi connectivity index (χ2n) is 5.10. The molecule has 7 nitrogen and oxygen atoms in total. The van der Waals surface area contributed by atoms with Crippen LogP contribution in [0.4, 0.5) is 5.69 Å². The zero-order valence-corrected chi connectivity index (χ0v) is 11.6. The first-order valence-electron chi connectivity index (χ1n) is 6.69. The summed E-state index contributed by atoms with van der Waals surface area (Å²) in [6.45, 7) is 2.05. The zero-order valence-electron chi connectivity index (χ0n) is 11.6. The van der Waals surface area contributed by atoms with Crippen LogP contribution in [-0.4, -0.2) is 39.4 Å². The summed E-state index contributed by atoms with van der Waals surface area (Å²) in [5, 5.41) is 19.9. The molecule has 0 radical (unpaired) electrons. The molecular weight excluding hydrogens is 276 g/mol. The Morgan fingerprint density at radius 1 is 1.48 bits per heavy atom. The van der Waals surface area contributed by atoms with Crippen LogP contribution < -0.4 is 0 Å². The average molecular weight is 292 g/mol. The Balaban J connectivity index is 2.21. The standard InChI is InChI=1S/C14H16N2O5/c1-9(10-4-2-5-11(8-10)16(20)21)13(17)15-7-3-6-12(15)14(18)19/h2,4-5,8-9,12H,3,6-7H2,1H3,(H,18,19). The number of carbonyl (C=O) groups excluding carboxylic acids is 1. The maximum atomic E-state index is 12.4. The molecule has 0 saturated carbocycles. The maximum absolute atomic E-state index is 12.4. The molecule has 0 bridgehead atoms. The minimum absolute atomic E-state index is 0.0802. The Hall–Kier alpha value is -2.44. The molecule has 1 amide bonds. The van der Waals surface area contributed by atoms with Gasteiger partial charge < -0.3 is 10.0 Å². The van der Waals surface area contributed by atoms with Crippen molar-refractivity contribution in [3.63, 3.8) is 0 Å². The van der Waals surface area contributed by atoms with Crippen molar-refractivity contribution in [1.82, 2.24) is 4.90 Å². The van der Waals surface area contributed by atoms with Gasteiger partial charge in [0, 0.05) is 18.7 Å². The second-order valence-corrected chi connectivity index (χ2v) is 5.10. The van der Waals surface area contributed by atoms with Crippen LogP contribution in [-0.2, 0) is 9.59 Å². The molecule has 0 aliphatic carbocycles. The minimum atomic E-state index is -1.01. The zero-order chi connectivity index (χ0) is 15.6. The summed E-state index contributed by atoms with van der Waals surface area (Å²) in [4.78, 5) is 35.2. The molecule has 0 spiro atoms. The van der Waals surface area contributed by atoms with E-state index < -0.39 is 22.9 Å². The van der Waals surface area contributed by atoms with Crippen molar-refractivity contribution in [3.05, 3.63) is 39.9 Å². The normalized spacial score (nSPS) is 19.3. The molecule has 2 atom stereocenters. The molecular formula is C14H16N2O5. The van der Waals surface area contributed by atoms with Crippen LogP contribution in [0.25, 0.3) is 0 Å². The molecule has 2 rings (SSSR count). The van der Waals surface area contributed by atoms with E-state index >= 15 is 0 Å². The average Bonchev–Trinajstić information content (AvgIpc) is 2.95. The highest BCUT2D eigenvalue weighted by molar-refractivity contribution is 5.88. The van der Waals surface area contributed by atoms with E-state index in [2.05, 4.69) is 0 Å². The number of amides is 1. The third kappa shape index (κ3) is 3.01. The molecule has 7 heteroatoms. The fraction of sp³-hybridized carbons (Fsp3) is 0.429. The van der Waals surface area contributed by atoms with E-state index in [4.69, 9.17) is 5.11 Å². The lowest BCUT2D eigenvalue weighted by Gasteiger charge is -2.25. The lowest BCUT2D eigenvalue weighted by Crippen LogP contribution is -2.42. The Labute approximate surface area is 121 Å². The number of nitro groups is 1. The van der Waals surface area contributed by atoms with Gasteiger partial charge in [-0.15, -0.1) is 0 Å². The number of aliphatic carboxylic acids is 1. The van der Waals surface area contributed by atoms with Gasteiger partial charge in [-0.3, -0.25) is 14.9 Å². The van der Waals surface area contributed by atoms with Gasteiger partial charge in [-0.05, 0) is 25.3 Å².